The number of likely N-dealkylation sites (tertiary alicyclic amines) is 1. The summed E-state index contributed by atoms with van der Waals surface area (Å²) in [5, 5.41) is 0. The number of amides is 1. The van der Waals surface area contributed by atoms with Gasteiger partial charge in [-0.2, -0.15) is 0 Å². The van der Waals surface area contributed by atoms with Crippen LogP contribution in [0.15, 0.2) is 18.2 Å². The zero-order valence-electron chi connectivity index (χ0n) is 14.4. The lowest BCUT2D eigenvalue weighted by Crippen LogP contribution is -2.49. The van der Waals surface area contributed by atoms with Gasteiger partial charge in [0.15, 0.2) is 11.6 Å². The number of hydrogen-bond acceptors (Lipinski definition) is 2. The SMILES string of the molecule is COc1ccc(C2CCN(C(=O)C3CCC3(C)C)C2C)cc1F. The number of ether oxygens (including phenoxy) is 1. The molecule has 0 N–H and O–H groups in total. The zero-order valence-corrected chi connectivity index (χ0v) is 14.4. The van der Waals surface area contributed by atoms with Crippen LogP contribution in [0.2, 0.25) is 0 Å². The molecule has 3 nitrogen and oxygen atoms in total. The normalized spacial score (nSPS) is 29.3. The first-order chi connectivity index (χ1) is 10.8. The van der Waals surface area contributed by atoms with E-state index in [4.69, 9.17) is 4.74 Å². The van der Waals surface area contributed by atoms with E-state index in [1.165, 1.54) is 7.11 Å². The van der Waals surface area contributed by atoms with E-state index in [1.807, 2.05) is 11.0 Å². The minimum Gasteiger partial charge on any atom is -0.494 e. The Balaban J connectivity index is 1.75. The molecule has 3 unspecified atom stereocenters. The molecule has 2 fully saturated rings. The highest BCUT2D eigenvalue weighted by molar-refractivity contribution is 5.81. The van der Waals surface area contributed by atoms with Crippen LogP contribution in [0.25, 0.3) is 0 Å². The summed E-state index contributed by atoms with van der Waals surface area (Å²) in [5.74, 6) is 0.565. The van der Waals surface area contributed by atoms with Crippen LogP contribution in [-0.4, -0.2) is 30.5 Å². The first-order valence-corrected chi connectivity index (χ1v) is 8.49. The molecule has 4 heteroatoms. The highest BCUT2D eigenvalue weighted by Crippen LogP contribution is 2.48. The van der Waals surface area contributed by atoms with E-state index in [9.17, 15) is 9.18 Å². The molecule has 126 valence electrons. The molecular formula is C19H26FNO2. The van der Waals surface area contributed by atoms with Crippen molar-refractivity contribution in [1.29, 1.82) is 0 Å². The van der Waals surface area contributed by atoms with Crippen molar-refractivity contribution in [2.24, 2.45) is 11.3 Å². The molecule has 1 aromatic carbocycles. The lowest BCUT2D eigenvalue weighted by atomic mass is 9.62. The standard InChI is InChI=1S/C19H26FNO2/c1-12-14(13-5-6-17(23-4)16(20)11-13)8-10-21(12)18(22)15-7-9-19(15,2)3/h5-6,11-12,14-15H,7-10H2,1-4H3. The number of benzene rings is 1. The van der Waals surface area contributed by atoms with E-state index >= 15 is 0 Å². The molecule has 1 aromatic rings. The Morgan fingerprint density at radius 1 is 1.35 bits per heavy atom. The van der Waals surface area contributed by atoms with Gasteiger partial charge < -0.3 is 9.64 Å². The van der Waals surface area contributed by atoms with Gasteiger partial charge in [-0.3, -0.25) is 4.79 Å². The summed E-state index contributed by atoms with van der Waals surface area (Å²) in [7, 11) is 1.47. The third-order valence-electron chi connectivity index (χ3n) is 5.96. The fraction of sp³-hybridized carbons (Fsp3) is 0.632. The van der Waals surface area contributed by atoms with E-state index < -0.39 is 0 Å². The summed E-state index contributed by atoms with van der Waals surface area (Å²) in [6.07, 6.45) is 3.02. The second-order valence-corrected chi connectivity index (χ2v) is 7.64. The topological polar surface area (TPSA) is 29.5 Å². The van der Waals surface area contributed by atoms with Crippen molar-refractivity contribution in [2.75, 3.05) is 13.7 Å². The van der Waals surface area contributed by atoms with Gasteiger partial charge in [0, 0.05) is 24.4 Å². The number of carbonyl (C=O) groups excluding carboxylic acids is 1. The fourth-order valence-corrected chi connectivity index (χ4v) is 4.13. The Morgan fingerprint density at radius 2 is 2.09 bits per heavy atom. The maximum atomic E-state index is 14.0. The van der Waals surface area contributed by atoms with Gasteiger partial charge in [0.1, 0.15) is 0 Å². The first kappa shape index (κ1) is 16.3. The van der Waals surface area contributed by atoms with Gasteiger partial charge in [-0.1, -0.05) is 19.9 Å². The van der Waals surface area contributed by atoms with Crippen LogP contribution in [-0.2, 0) is 4.79 Å². The monoisotopic (exact) mass is 319 g/mol. The summed E-state index contributed by atoms with van der Waals surface area (Å²) < 4.78 is 19.0. The van der Waals surface area contributed by atoms with E-state index in [0.29, 0.717) is 0 Å². The number of methoxy groups -OCH3 is 1. The number of halogens is 1. The van der Waals surface area contributed by atoms with E-state index in [-0.39, 0.29) is 40.8 Å². The van der Waals surface area contributed by atoms with Gasteiger partial charge in [-0.05, 0) is 49.3 Å². The van der Waals surface area contributed by atoms with Crippen molar-refractivity contribution < 1.29 is 13.9 Å². The molecule has 0 spiro atoms. The van der Waals surface area contributed by atoms with Crippen LogP contribution in [0.4, 0.5) is 4.39 Å². The van der Waals surface area contributed by atoms with Crippen LogP contribution in [0, 0.1) is 17.2 Å². The molecule has 23 heavy (non-hydrogen) atoms. The predicted molar refractivity (Wildman–Crippen MR) is 88.0 cm³/mol. The largest absolute Gasteiger partial charge is 0.494 e. The molecule has 3 rings (SSSR count). The molecule has 1 heterocycles. The van der Waals surface area contributed by atoms with Crippen LogP contribution < -0.4 is 4.74 Å². The predicted octanol–water partition coefficient (Wildman–Crippen LogP) is 3.97. The van der Waals surface area contributed by atoms with Crippen molar-refractivity contribution >= 4 is 5.91 Å². The molecule has 0 radical (unpaired) electrons. The van der Waals surface area contributed by atoms with Crippen LogP contribution in [0.3, 0.4) is 0 Å². The van der Waals surface area contributed by atoms with Gasteiger partial charge in [0.25, 0.3) is 0 Å². The van der Waals surface area contributed by atoms with Crippen molar-refractivity contribution in [3.8, 4) is 5.75 Å². The fourth-order valence-electron chi connectivity index (χ4n) is 4.13. The molecular weight excluding hydrogens is 293 g/mol. The maximum Gasteiger partial charge on any atom is 0.226 e. The van der Waals surface area contributed by atoms with Gasteiger partial charge in [-0.15, -0.1) is 0 Å². The Morgan fingerprint density at radius 3 is 2.61 bits per heavy atom. The highest BCUT2D eigenvalue weighted by atomic mass is 19.1. The third kappa shape index (κ3) is 2.73. The van der Waals surface area contributed by atoms with Crippen molar-refractivity contribution in [3.63, 3.8) is 0 Å². The molecule has 1 amide bonds. The zero-order chi connectivity index (χ0) is 16.8. The second kappa shape index (κ2) is 5.81. The molecule has 1 saturated carbocycles. The Kier molecular flexibility index (Phi) is 4.11. The molecule has 0 bridgehead atoms. The average Bonchev–Trinajstić information content (AvgIpc) is 2.87. The lowest BCUT2D eigenvalue weighted by Gasteiger charge is -2.45. The smallest absolute Gasteiger partial charge is 0.226 e. The minimum atomic E-state index is -0.331. The third-order valence-corrected chi connectivity index (χ3v) is 5.96. The van der Waals surface area contributed by atoms with Gasteiger partial charge in [-0.25, -0.2) is 4.39 Å². The quantitative estimate of drug-likeness (QED) is 0.843. The van der Waals surface area contributed by atoms with E-state index in [1.54, 1.807) is 12.1 Å². The summed E-state index contributed by atoms with van der Waals surface area (Å²) in [6.45, 7) is 7.21. The lowest BCUT2D eigenvalue weighted by molar-refractivity contribution is -0.146. The van der Waals surface area contributed by atoms with E-state index in [2.05, 4.69) is 20.8 Å². The number of hydrogen-bond donors (Lipinski definition) is 0. The molecule has 3 atom stereocenters. The van der Waals surface area contributed by atoms with Crippen molar-refractivity contribution in [2.45, 2.75) is 52.0 Å². The number of carbonyl (C=O) groups is 1. The molecule has 2 aliphatic rings. The van der Waals surface area contributed by atoms with Crippen LogP contribution in [0.1, 0.15) is 51.5 Å². The molecule has 1 aliphatic carbocycles. The maximum absolute atomic E-state index is 14.0. The van der Waals surface area contributed by atoms with Crippen LogP contribution in [0.5, 0.6) is 5.75 Å². The first-order valence-electron chi connectivity index (χ1n) is 8.49. The molecule has 1 saturated heterocycles. The summed E-state index contributed by atoms with van der Waals surface area (Å²) >= 11 is 0. The van der Waals surface area contributed by atoms with Crippen molar-refractivity contribution in [3.05, 3.63) is 29.6 Å². The minimum absolute atomic E-state index is 0.117. The van der Waals surface area contributed by atoms with Crippen molar-refractivity contribution in [1.82, 2.24) is 4.90 Å². The highest BCUT2D eigenvalue weighted by Gasteiger charge is 2.47. The Hall–Kier alpha value is -1.58. The van der Waals surface area contributed by atoms with Crippen LogP contribution >= 0.6 is 0 Å². The molecule has 0 aromatic heterocycles. The Labute approximate surface area is 137 Å². The average molecular weight is 319 g/mol. The van der Waals surface area contributed by atoms with Gasteiger partial charge in [0.2, 0.25) is 5.91 Å². The summed E-state index contributed by atoms with van der Waals surface area (Å²) in [4.78, 5) is 14.8. The van der Waals surface area contributed by atoms with Gasteiger partial charge >= 0.3 is 0 Å². The number of nitrogens with zero attached hydrogens (tertiary/aromatic N) is 1. The number of rotatable bonds is 3. The summed E-state index contributed by atoms with van der Waals surface area (Å²) in [6, 6.07) is 5.27. The Bertz CT molecular complexity index is 613. The second-order valence-electron chi connectivity index (χ2n) is 7.64. The molecule has 1 aliphatic heterocycles. The summed E-state index contributed by atoms with van der Waals surface area (Å²) in [5.41, 5.74) is 1.08. The van der Waals surface area contributed by atoms with Gasteiger partial charge in [0.05, 0.1) is 7.11 Å². The van der Waals surface area contributed by atoms with E-state index in [0.717, 1.165) is 31.4 Å².